The maximum atomic E-state index is 13.6. The fourth-order valence-electron chi connectivity index (χ4n) is 6.83. The largest absolute Gasteiger partial charge is 0.497 e. The summed E-state index contributed by atoms with van der Waals surface area (Å²) < 4.78 is 86.9. The molecule has 0 saturated carbocycles. The Morgan fingerprint density at radius 1 is 1.02 bits per heavy atom. The number of fused-ring (bicyclic) bond motifs is 4. The summed E-state index contributed by atoms with van der Waals surface area (Å²) in [6.45, 7) is 5.35. The maximum absolute atomic E-state index is 13.6. The van der Waals surface area contributed by atoms with Crippen molar-refractivity contribution in [3.05, 3.63) is 104 Å². The van der Waals surface area contributed by atoms with E-state index in [0.29, 0.717) is 47.3 Å². The Kier molecular flexibility index (Phi) is 7.30. The molecule has 0 amide bonds. The predicted molar refractivity (Wildman–Crippen MR) is 153 cm³/mol. The van der Waals surface area contributed by atoms with Crippen LogP contribution < -0.4 is 20.9 Å². The Labute approximate surface area is 247 Å². The van der Waals surface area contributed by atoms with Crippen LogP contribution in [0.25, 0.3) is 10.9 Å². The van der Waals surface area contributed by atoms with Gasteiger partial charge >= 0.3 is 12.4 Å². The van der Waals surface area contributed by atoms with Gasteiger partial charge in [-0.3, -0.25) is 19.5 Å². The quantitative estimate of drug-likeness (QED) is 0.143. The lowest BCUT2D eigenvalue weighted by atomic mass is 9.68. The lowest BCUT2D eigenvalue weighted by molar-refractivity contribution is -0.143. The summed E-state index contributed by atoms with van der Waals surface area (Å²) in [5.41, 5.74) is -4.57. The second-order valence-electron chi connectivity index (χ2n) is 11.4. The molecule has 1 N–H and O–H groups in total. The molecule has 3 fully saturated rings. The zero-order valence-electron chi connectivity index (χ0n) is 23.4. The fraction of sp³-hybridized carbons (Fsp3) is 0.344. The van der Waals surface area contributed by atoms with Crippen LogP contribution in [-0.2, 0) is 12.4 Å². The van der Waals surface area contributed by atoms with Gasteiger partial charge in [0.15, 0.2) is 0 Å². The average molecular weight is 616 g/mol. The molecule has 1 aromatic heterocycles. The van der Waals surface area contributed by atoms with Crippen LogP contribution in [0.3, 0.4) is 0 Å². The second-order valence-corrected chi connectivity index (χ2v) is 11.4. The van der Waals surface area contributed by atoms with Crippen LogP contribution in [0.1, 0.15) is 41.0 Å². The molecule has 12 heteroatoms. The molecule has 3 aliphatic heterocycles. The van der Waals surface area contributed by atoms with E-state index in [-0.39, 0.29) is 35.2 Å². The number of hydrogen-bond acceptors (Lipinski definition) is 6. The highest BCUT2D eigenvalue weighted by Gasteiger charge is 2.46. The average Bonchev–Trinajstić information content (AvgIpc) is 3.01. The van der Waals surface area contributed by atoms with E-state index in [2.05, 4.69) is 21.8 Å². The molecule has 0 aliphatic carbocycles. The van der Waals surface area contributed by atoms with Crippen molar-refractivity contribution in [3.63, 3.8) is 0 Å². The molecule has 3 aliphatic rings. The molecule has 5 atom stereocenters. The van der Waals surface area contributed by atoms with Crippen LogP contribution >= 0.6 is 0 Å². The number of anilines is 2. The van der Waals surface area contributed by atoms with Crippen molar-refractivity contribution in [2.75, 3.05) is 25.5 Å². The van der Waals surface area contributed by atoms with Gasteiger partial charge < -0.3 is 10.1 Å². The molecule has 0 radical (unpaired) electrons. The number of rotatable bonds is 7. The number of ether oxygens (including phenoxy) is 1. The number of methoxy groups -OCH3 is 1. The summed E-state index contributed by atoms with van der Waals surface area (Å²) in [6.07, 6.45) is -5.13. The summed E-state index contributed by atoms with van der Waals surface area (Å²) in [7, 11) is 1.50. The van der Waals surface area contributed by atoms with Crippen LogP contribution in [0.15, 0.2) is 70.9 Å². The van der Waals surface area contributed by atoms with Crippen LogP contribution in [0.5, 0.6) is 5.75 Å². The minimum atomic E-state index is -5.08. The van der Waals surface area contributed by atoms with E-state index < -0.39 is 45.9 Å². The Morgan fingerprint density at radius 2 is 1.73 bits per heavy atom. The number of piperidine rings is 3. The third kappa shape index (κ3) is 5.14. The van der Waals surface area contributed by atoms with Gasteiger partial charge in [-0.2, -0.15) is 26.3 Å². The molecule has 44 heavy (non-hydrogen) atoms. The minimum absolute atomic E-state index is 0.00951. The number of nitrogens with zero attached hydrogens (tertiary/aromatic N) is 2. The Bertz CT molecular complexity index is 1790. The van der Waals surface area contributed by atoms with Gasteiger partial charge in [0.1, 0.15) is 5.75 Å². The highest BCUT2D eigenvalue weighted by molar-refractivity contribution is 5.85. The van der Waals surface area contributed by atoms with Gasteiger partial charge in [0.05, 0.1) is 29.4 Å². The number of nitrogens with one attached hydrogen (secondary N) is 1. The van der Waals surface area contributed by atoms with Crippen LogP contribution in [0.4, 0.5) is 37.7 Å². The lowest BCUT2D eigenvalue weighted by Gasteiger charge is -2.52. The number of aromatic nitrogens is 1. The summed E-state index contributed by atoms with van der Waals surface area (Å²) in [5, 5.41) is 3.14. The third-order valence-corrected chi connectivity index (χ3v) is 8.97. The molecule has 230 valence electrons. The van der Waals surface area contributed by atoms with Crippen molar-refractivity contribution in [3.8, 4) is 5.75 Å². The van der Waals surface area contributed by atoms with Gasteiger partial charge in [0.25, 0.3) is 0 Å². The highest BCUT2D eigenvalue weighted by atomic mass is 19.4. The van der Waals surface area contributed by atoms with E-state index in [9.17, 15) is 35.9 Å². The molecular weight excluding hydrogens is 588 g/mol. The maximum Gasteiger partial charge on any atom is 0.416 e. The smallest absolute Gasteiger partial charge is 0.416 e. The number of halogens is 6. The molecule has 2 bridgehead atoms. The van der Waals surface area contributed by atoms with Crippen molar-refractivity contribution in [2.24, 2.45) is 11.8 Å². The zero-order chi connectivity index (χ0) is 31.6. The fourth-order valence-corrected chi connectivity index (χ4v) is 6.83. The normalized spacial score (nSPS) is 22.7. The zero-order valence-corrected chi connectivity index (χ0v) is 23.4. The molecular formula is C32H27F6N3O3. The Hall–Kier alpha value is -4.19. The molecule has 7 rings (SSSR count). The van der Waals surface area contributed by atoms with Crippen molar-refractivity contribution in [1.82, 2.24) is 9.88 Å². The van der Waals surface area contributed by atoms with E-state index in [1.54, 1.807) is 30.5 Å². The van der Waals surface area contributed by atoms with Crippen molar-refractivity contribution in [2.45, 2.75) is 37.2 Å². The molecule has 6 nitrogen and oxygen atoms in total. The monoisotopic (exact) mass is 615 g/mol. The summed E-state index contributed by atoms with van der Waals surface area (Å²) in [4.78, 5) is 33.0. The predicted octanol–water partition coefficient (Wildman–Crippen LogP) is 6.65. The first kappa shape index (κ1) is 29.9. The van der Waals surface area contributed by atoms with Crippen LogP contribution in [-0.4, -0.2) is 36.1 Å². The van der Waals surface area contributed by atoms with E-state index >= 15 is 0 Å². The van der Waals surface area contributed by atoms with Crippen molar-refractivity contribution < 1.29 is 31.1 Å². The van der Waals surface area contributed by atoms with E-state index in [0.717, 1.165) is 13.0 Å². The van der Waals surface area contributed by atoms with Gasteiger partial charge in [-0.05, 0) is 79.3 Å². The molecule has 4 heterocycles. The topological polar surface area (TPSA) is 71.5 Å². The van der Waals surface area contributed by atoms with Gasteiger partial charge in [-0.1, -0.05) is 6.08 Å². The highest BCUT2D eigenvalue weighted by Crippen LogP contribution is 2.47. The Morgan fingerprint density at radius 3 is 2.32 bits per heavy atom. The van der Waals surface area contributed by atoms with Crippen molar-refractivity contribution in [1.29, 1.82) is 0 Å². The van der Waals surface area contributed by atoms with Crippen LogP contribution in [0, 0.1) is 11.8 Å². The number of alkyl halides is 6. The minimum Gasteiger partial charge on any atom is -0.497 e. The first-order valence-electron chi connectivity index (χ1n) is 14.0. The van der Waals surface area contributed by atoms with E-state index in [4.69, 9.17) is 4.74 Å². The standard InChI is InChI=1S/C32H27F6N3O3/c1-3-16-15-41-9-7-17(16)10-25(41)26(22-6-8-39-24-5-4-21(44-2)14-23(22)24)27-28(30(43)29(27)42)40-20-12-18(31(33,34)35)11-19(13-20)32(36,37)38/h3-6,8,11-14,16-17,25-26,40H,1,7,9-10,15H2,2H3/t16-,17-,25-,26+/m0/s1. The van der Waals surface area contributed by atoms with Crippen LogP contribution in [0.2, 0.25) is 0 Å². The third-order valence-electron chi connectivity index (χ3n) is 8.97. The van der Waals surface area contributed by atoms with Crippen molar-refractivity contribution >= 4 is 22.3 Å². The van der Waals surface area contributed by atoms with Gasteiger partial charge in [0.2, 0.25) is 10.9 Å². The first-order valence-corrected chi connectivity index (χ1v) is 14.0. The summed E-state index contributed by atoms with van der Waals surface area (Å²) in [6, 6.07) is 7.69. The lowest BCUT2D eigenvalue weighted by Crippen LogP contribution is -2.56. The SMILES string of the molecule is C=C[C@H]1CN2CC[C@H]1C[C@H]2[C@H](c1c(Nc2cc(C(F)(F)F)cc(C(F)(F)F)c2)c(=O)c1=O)c1ccnc2ccc(OC)cc12. The molecule has 3 saturated heterocycles. The first-order chi connectivity index (χ1) is 20.8. The van der Waals surface area contributed by atoms with Gasteiger partial charge in [-0.15, -0.1) is 6.58 Å². The molecule has 4 aromatic rings. The number of pyridine rings is 1. The molecule has 1 unspecified atom stereocenters. The van der Waals surface area contributed by atoms with Gasteiger partial charge in [0, 0.05) is 41.3 Å². The van der Waals surface area contributed by atoms with E-state index in [1.807, 2.05) is 6.08 Å². The van der Waals surface area contributed by atoms with Gasteiger partial charge in [-0.25, -0.2) is 0 Å². The van der Waals surface area contributed by atoms with E-state index in [1.165, 1.54) is 7.11 Å². The molecule has 3 aromatic carbocycles. The number of benzene rings is 2. The molecule has 0 spiro atoms. The Balaban J connectivity index is 1.52. The number of hydrogen-bond donors (Lipinski definition) is 1. The summed E-state index contributed by atoms with van der Waals surface area (Å²) >= 11 is 0. The second kappa shape index (κ2) is 10.8. The summed E-state index contributed by atoms with van der Waals surface area (Å²) in [5.74, 6) is 0.274.